The van der Waals surface area contributed by atoms with Crippen LogP contribution in [0, 0.1) is 0 Å². The number of nitrogens with zero attached hydrogens (tertiary/aromatic N) is 1. The summed E-state index contributed by atoms with van der Waals surface area (Å²) >= 11 is 0. The molecule has 20 heavy (non-hydrogen) atoms. The molecule has 0 N–H and O–H groups in total. The summed E-state index contributed by atoms with van der Waals surface area (Å²) in [5.74, 6) is 0. The van der Waals surface area contributed by atoms with Crippen molar-refractivity contribution < 1.29 is 12.6 Å². The minimum Gasteiger partial charge on any atom is -0.255 e. The Kier molecular flexibility index (Phi) is 3.60. The summed E-state index contributed by atoms with van der Waals surface area (Å²) in [6.45, 7) is 2.27. The predicted molar refractivity (Wildman–Crippen MR) is 77.3 cm³/mol. The van der Waals surface area contributed by atoms with Crippen molar-refractivity contribution in [3.8, 4) is 0 Å². The molecule has 4 nitrogen and oxygen atoms in total. The first-order chi connectivity index (χ1) is 9.52. The molecule has 2 aliphatic rings. The normalized spacial score (nSPS) is 28.8. The van der Waals surface area contributed by atoms with Gasteiger partial charge in [0.2, 0.25) is 0 Å². The molecule has 1 aromatic carbocycles. The van der Waals surface area contributed by atoms with Gasteiger partial charge in [-0.3, -0.25) is 4.18 Å². The van der Waals surface area contributed by atoms with E-state index in [1.54, 1.807) is 4.31 Å². The van der Waals surface area contributed by atoms with Crippen LogP contribution < -0.4 is 0 Å². The van der Waals surface area contributed by atoms with Gasteiger partial charge in [0.15, 0.2) is 0 Å². The van der Waals surface area contributed by atoms with E-state index in [2.05, 4.69) is 0 Å². The van der Waals surface area contributed by atoms with Crippen LogP contribution in [-0.4, -0.2) is 24.4 Å². The molecule has 1 aliphatic heterocycles. The van der Waals surface area contributed by atoms with Crippen molar-refractivity contribution in [2.24, 2.45) is 0 Å². The van der Waals surface area contributed by atoms with Crippen LogP contribution in [0.3, 0.4) is 0 Å². The zero-order chi connectivity index (χ0) is 14.2. The topological polar surface area (TPSA) is 46.6 Å². The van der Waals surface area contributed by atoms with E-state index < -0.39 is 10.3 Å². The molecule has 1 aromatic rings. The Hall–Kier alpha value is -0.910. The van der Waals surface area contributed by atoms with E-state index in [9.17, 15) is 8.42 Å². The molecule has 110 valence electrons. The molecule has 2 fully saturated rings. The Morgan fingerprint density at radius 2 is 1.90 bits per heavy atom. The van der Waals surface area contributed by atoms with Crippen LogP contribution in [0.15, 0.2) is 30.3 Å². The van der Waals surface area contributed by atoms with Gasteiger partial charge < -0.3 is 0 Å². The summed E-state index contributed by atoms with van der Waals surface area (Å²) in [7, 11) is -3.63. The van der Waals surface area contributed by atoms with Gasteiger partial charge in [0.1, 0.15) is 0 Å². The fraction of sp³-hybridized carbons (Fsp3) is 0.600. The third-order valence-corrected chi connectivity index (χ3v) is 6.08. The molecule has 3 rings (SSSR count). The van der Waals surface area contributed by atoms with Crippen molar-refractivity contribution in [1.82, 2.24) is 4.31 Å². The van der Waals surface area contributed by atoms with Gasteiger partial charge in [0.25, 0.3) is 0 Å². The molecule has 0 aromatic heterocycles. The highest BCUT2D eigenvalue weighted by molar-refractivity contribution is 7.84. The molecule has 1 saturated heterocycles. The minimum atomic E-state index is -3.63. The lowest BCUT2D eigenvalue weighted by Gasteiger charge is -2.45. The van der Waals surface area contributed by atoms with Crippen LogP contribution >= 0.6 is 0 Å². The van der Waals surface area contributed by atoms with E-state index in [0.717, 1.165) is 37.7 Å². The summed E-state index contributed by atoms with van der Waals surface area (Å²) in [5.41, 5.74) is 0.785. The van der Waals surface area contributed by atoms with Gasteiger partial charge in [-0.2, -0.15) is 12.7 Å². The molecule has 1 spiro atoms. The van der Waals surface area contributed by atoms with Crippen molar-refractivity contribution in [3.05, 3.63) is 35.9 Å². The predicted octanol–water partition coefficient (Wildman–Crippen LogP) is 2.86. The highest BCUT2D eigenvalue weighted by Crippen LogP contribution is 2.45. The lowest BCUT2D eigenvalue weighted by Crippen LogP contribution is -2.56. The highest BCUT2D eigenvalue weighted by Gasteiger charge is 2.50. The quantitative estimate of drug-likeness (QED) is 0.843. The fourth-order valence-electron chi connectivity index (χ4n) is 3.65. The third-order valence-electron chi connectivity index (χ3n) is 4.46. The van der Waals surface area contributed by atoms with E-state index >= 15 is 0 Å². The van der Waals surface area contributed by atoms with Gasteiger partial charge in [0, 0.05) is 12.1 Å². The number of benzene rings is 1. The zero-order valence-electron chi connectivity index (χ0n) is 11.8. The molecule has 5 heteroatoms. The van der Waals surface area contributed by atoms with Gasteiger partial charge in [-0.25, -0.2) is 0 Å². The molecular weight excluding hydrogens is 274 g/mol. The first-order valence-electron chi connectivity index (χ1n) is 7.27. The lowest BCUT2D eigenvalue weighted by molar-refractivity contribution is 0.0436. The van der Waals surface area contributed by atoms with Gasteiger partial charge in [-0.15, -0.1) is 0 Å². The van der Waals surface area contributed by atoms with Crippen molar-refractivity contribution in [2.45, 2.75) is 57.2 Å². The van der Waals surface area contributed by atoms with Crippen LogP contribution in [0.25, 0.3) is 0 Å². The fourth-order valence-corrected chi connectivity index (χ4v) is 5.28. The summed E-state index contributed by atoms with van der Waals surface area (Å²) < 4.78 is 31.8. The Labute approximate surface area is 121 Å². The maximum absolute atomic E-state index is 12.5. The lowest BCUT2D eigenvalue weighted by atomic mass is 9.90. The number of rotatable bonds is 2. The first kappa shape index (κ1) is 14.0. The van der Waals surface area contributed by atoms with Crippen LogP contribution in [0.2, 0.25) is 0 Å². The molecular formula is C15H21NO3S. The maximum Gasteiger partial charge on any atom is 0.339 e. The van der Waals surface area contributed by atoms with Crippen LogP contribution in [0.4, 0.5) is 0 Å². The van der Waals surface area contributed by atoms with Crippen LogP contribution in [-0.2, 0) is 21.0 Å². The van der Waals surface area contributed by atoms with Gasteiger partial charge in [-0.1, -0.05) is 43.2 Å². The Balaban J connectivity index is 1.95. The zero-order valence-corrected chi connectivity index (χ0v) is 12.6. The summed E-state index contributed by atoms with van der Waals surface area (Å²) in [6, 6.07) is 9.76. The number of hydrogen-bond donors (Lipinski definition) is 0. The highest BCUT2D eigenvalue weighted by atomic mass is 32.2. The summed E-state index contributed by atoms with van der Waals surface area (Å²) in [4.78, 5) is 0. The second-order valence-electron chi connectivity index (χ2n) is 5.99. The maximum atomic E-state index is 12.5. The van der Waals surface area contributed by atoms with E-state index in [1.165, 1.54) is 0 Å². The Bertz CT molecular complexity index is 564. The van der Waals surface area contributed by atoms with Crippen molar-refractivity contribution >= 4 is 10.3 Å². The van der Waals surface area contributed by atoms with E-state index in [-0.39, 0.29) is 11.6 Å². The third kappa shape index (κ3) is 2.50. The largest absolute Gasteiger partial charge is 0.339 e. The average Bonchev–Trinajstić information content (AvgIpc) is 2.83. The standard InChI is InChI=1S/C15H21NO3S/c1-13-11-15(9-5-6-10-15)16(20(17,18)19-13)12-14-7-3-2-4-8-14/h2-4,7-8,13H,5-6,9-12H2,1H3. The van der Waals surface area contributed by atoms with Crippen LogP contribution in [0.1, 0.15) is 44.6 Å². The van der Waals surface area contributed by atoms with Crippen LogP contribution in [0.5, 0.6) is 0 Å². The van der Waals surface area contributed by atoms with Gasteiger partial charge >= 0.3 is 10.3 Å². The Morgan fingerprint density at radius 3 is 2.55 bits per heavy atom. The molecule has 0 bridgehead atoms. The molecule has 1 heterocycles. The van der Waals surface area contributed by atoms with Crippen molar-refractivity contribution in [2.75, 3.05) is 0 Å². The first-order valence-corrected chi connectivity index (χ1v) is 8.63. The minimum absolute atomic E-state index is 0.217. The molecule has 1 atom stereocenters. The molecule has 0 amide bonds. The molecule has 1 saturated carbocycles. The summed E-state index contributed by atoms with van der Waals surface area (Å²) in [6.07, 6.45) is 4.70. The smallest absolute Gasteiger partial charge is 0.255 e. The van der Waals surface area contributed by atoms with Gasteiger partial charge in [-0.05, 0) is 31.7 Å². The number of hydrogen-bond acceptors (Lipinski definition) is 3. The summed E-state index contributed by atoms with van der Waals surface area (Å²) in [5, 5.41) is 0. The van der Waals surface area contributed by atoms with E-state index in [4.69, 9.17) is 4.18 Å². The van der Waals surface area contributed by atoms with Crippen molar-refractivity contribution in [1.29, 1.82) is 0 Å². The molecule has 0 radical (unpaired) electrons. The SMILES string of the molecule is CC1CC2(CCCC2)N(Cc2ccccc2)S(=O)(=O)O1. The van der Waals surface area contributed by atoms with E-state index in [1.807, 2.05) is 37.3 Å². The monoisotopic (exact) mass is 295 g/mol. The molecule has 1 unspecified atom stereocenters. The second-order valence-corrected chi connectivity index (χ2v) is 7.48. The van der Waals surface area contributed by atoms with Gasteiger partial charge in [0.05, 0.1) is 6.10 Å². The Morgan fingerprint density at radius 1 is 1.25 bits per heavy atom. The second kappa shape index (κ2) is 5.13. The van der Waals surface area contributed by atoms with Crippen molar-refractivity contribution in [3.63, 3.8) is 0 Å². The average molecular weight is 295 g/mol. The molecule has 1 aliphatic carbocycles. The van der Waals surface area contributed by atoms with E-state index in [0.29, 0.717) is 6.54 Å².